The largest absolute Gasteiger partial charge is 0.381 e. The summed E-state index contributed by atoms with van der Waals surface area (Å²) in [5.41, 5.74) is 1.38. The molecule has 1 aliphatic heterocycles. The van der Waals surface area contributed by atoms with Gasteiger partial charge in [-0.1, -0.05) is 30.0 Å². The first-order valence-corrected chi connectivity index (χ1v) is 8.48. The summed E-state index contributed by atoms with van der Waals surface area (Å²) in [6.45, 7) is 5.27. The highest BCUT2D eigenvalue weighted by molar-refractivity contribution is 5.81. The van der Waals surface area contributed by atoms with Gasteiger partial charge in [0, 0.05) is 17.4 Å². The maximum atomic E-state index is 14.0. The van der Waals surface area contributed by atoms with Crippen LogP contribution in [-0.2, 0) is 11.3 Å². The molecule has 2 unspecified atom stereocenters. The summed E-state index contributed by atoms with van der Waals surface area (Å²) < 4.78 is 22.3. The van der Waals surface area contributed by atoms with E-state index in [4.69, 9.17) is 4.74 Å². The van der Waals surface area contributed by atoms with Gasteiger partial charge in [-0.2, -0.15) is 5.10 Å². The second-order valence-electron chi connectivity index (χ2n) is 6.73. The molecule has 0 spiro atoms. The van der Waals surface area contributed by atoms with Gasteiger partial charge in [-0.3, -0.25) is 9.48 Å². The number of rotatable bonds is 4. The normalized spacial score (nSPS) is 24.0. The van der Waals surface area contributed by atoms with E-state index in [2.05, 4.69) is 22.0 Å². The van der Waals surface area contributed by atoms with Crippen LogP contribution < -0.4 is 5.56 Å². The molecule has 0 bridgehead atoms. The topological polar surface area (TPSA) is 74.8 Å². The third-order valence-electron chi connectivity index (χ3n) is 5.28. The lowest BCUT2D eigenvalue weighted by molar-refractivity contribution is 0.149. The predicted molar refractivity (Wildman–Crippen MR) is 92.0 cm³/mol. The molecule has 0 radical (unpaired) electrons. The van der Waals surface area contributed by atoms with Crippen molar-refractivity contribution in [2.75, 3.05) is 13.2 Å². The minimum atomic E-state index is -0.323. The van der Waals surface area contributed by atoms with Crippen molar-refractivity contribution < 1.29 is 9.13 Å². The number of halogens is 1. The Kier molecular flexibility index (Phi) is 3.30. The third-order valence-corrected chi connectivity index (χ3v) is 5.28. The first kappa shape index (κ1) is 15.4. The van der Waals surface area contributed by atoms with Crippen LogP contribution in [0, 0.1) is 17.7 Å². The Hall–Kier alpha value is -2.87. The number of hydrogen-bond acceptors (Lipinski definition) is 5. The van der Waals surface area contributed by atoms with Gasteiger partial charge >= 0.3 is 0 Å². The maximum Gasteiger partial charge on any atom is 0.298 e. The van der Waals surface area contributed by atoms with E-state index in [-0.39, 0.29) is 29.5 Å². The van der Waals surface area contributed by atoms with Crippen molar-refractivity contribution in [3.63, 3.8) is 0 Å². The zero-order valence-electron chi connectivity index (χ0n) is 13.9. The van der Waals surface area contributed by atoms with Crippen molar-refractivity contribution >= 4 is 17.1 Å². The van der Waals surface area contributed by atoms with Crippen LogP contribution in [0.2, 0.25) is 0 Å². The van der Waals surface area contributed by atoms with Crippen LogP contribution in [0.3, 0.4) is 0 Å². The maximum absolute atomic E-state index is 14.0. The molecule has 3 heterocycles. The highest BCUT2D eigenvalue weighted by Crippen LogP contribution is 2.53. The van der Waals surface area contributed by atoms with E-state index in [1.54, 1.807) is 29.0 Å². The molecule has 1 aliphatic carbocycles. The molecule has 1 saturated heterocycles. The van der Waals surface area contributed by atoms with Crippen LogP contribution in [0.25, 0.3) is 17.1 Å². The Labute approximate surface area is 147 Å². The highest BCUT2D eigenvalue weighted by Gasteiger charge is 2.56. The van der Waals surface area contributed by atoms with Crippen LogP contribution in [0.15, 0.2) is 35.6 Å². The van der Waals surface area contributed by atoms with E-state index in [1.807, 2.05) is 0 Å². The van der Waals surface area contributed by atoms with E-state index >= 15 is 0 Å². The molecule has 2 atom stereocenters. The fourth-order valence-electron chi connectivity index (χ4n) is 3.83. The van der Waals surface area contributed by atoms with Crippen molar-refractivity contribution in [1.82, 2.24) is 24.8 Å². The summed E-state index contributed by atoms with van der Waals surface area (Å²) in [5, 5.41) is 12.7. The van der Waals surface area contributed by atoms with Crippen molar-refractivity contribution in [1.29, 1.82) is 0 Å². The summed E-state index contributed by atoms with van der Waals surface area (Å²) >= 11 is 0. The van der Waals surface area contributed by atoms with E-state index in [1.165, 1.54) is 10.7 Å². The molecular weight excluding hydrogens is 337 g/mol. The second kappa shape index (κ2) is 5.57. The quantitative estimate of drug-likeness (QED) is 0.713. The van der Waals surface area contributed by atoms with Crippen LogP contribution in [0.4, 0.5) is 4.39 Å². The number of ether oxygens (including phenoxy) is 1. The molecule has 5 rings (SSSR count). The molecule has 26 heavy (non-hydrogen) atoms. The fraction of sp³-hybridized carbons (Fsp3) is 0.333. The van der Waals surface area contributed by atoms with Gasteiger partial charge in [-0.05, 0) is 12.1 Å². The first-order chi connectivity index (χ1) is 12.7. The Morgan fingerprint density at radius 3 is 2.77 bits per heavy atom. The predicted octanol–water partition coefficient (Wildman–Crippen LogP) is 1.64. The monoisotopic (exact) mass is 353 g/mol. The van der Waals surface area contributed by atoms with Gasteiger partial charge in [0.05, 0.1) is 31.5 Å². The fourth-order valence-corrected chi connectivity index (χ4v) is 3.83. The van der Waals surface area contributed by atoms with Crippen molar-refractivity contribution in [2.45, 2.75) is 12.6 Å². The summed E-state index contributed by atoms with van der Waals surface area (Å²) in [7, 11) is 0. The summed E-state index contributed by atoms with van der Waals surface area (Å²) in [6, 6.07) is 6.51. The van der Waals surface area contributed by atoms with Gasteiger partial charge in [0.1, 0.15) is 11.3 Å². The molecule has 2 aromatic heterocycles. The Morgan fingerprint density at radius 2 is 2.04 bits per heavy atom. The summed E-state index contributed by atoms with van der Waals surface area (Å²) in [6.07, 6.45) is 1.56. The van der Waals surface area contributed by atoms with Gasteiger partial charge in [-0.25, -0.2) is 9.07 Å². The number of aromatic nitrogens is 5. The molecule has 7 nitrogen and oxygen atoms in total. The smallest absolute Gasteiger partial charge is 0.298 e. The van der Waals surface area contributed by atoms with Gasteiger partial charge in [-0.15, -0.1) is 5.10 Å². The SMILES string of the molecule is C=Cc1c2nnn(C3C4COCC43)c(=O)c2nn1Cc1ccccc1F. The first-order valence-electron chi connectivity index (χ1n) is 8.48. The molecule has 2 fully saturated rings. The van der Waals surface area contributed by atoms with Crippen molar-refractivity contribution in [2.24, 2.45) is 11.8 Å². The van der Waals surface area contributed by atoms with E-state index < -0.39 is 0 Å². The number of hydrogen-bond donors (Lipinski definition) is 0. The molecule has 1 saturated carbocycles. The van der Waals surface area contributed by atoms with Crippen molar-refractivity contribution in [3.05, 3.63) is 58.3 Å². The molecule has 2 aliphatic rings. The Bertz CT molecular complexity index is 1080. The van der Waals surface area contributed by atoms with Crippen molar-refractivity contribution in [3.8, 4) is 0 Å². The van der Waals surface area contributed by atoms with Crippen LogP contribution in [0.1, 0.15) is 17.3 Å². The summed E-state index contributed by atoms with van der Waals surface area (Å²) in [5.74, 6) is 0.342. The minimum absolute atomic E-state index is 0.0389. The van der Waals surface area contributed by atoms with Gasteiger partial charge in [0.15, 0.2) is 5.52 Å². The third kappa shape index (κ3) is 2.15. The average Bonchev–Trinajstić information content (AvgIpc) is 2.98. The van der Waals surface area contributed by atoms with Gasteiger partial charge < -0.3 is 4.74 Å². The lowest BCUT2D eigenvalue weighted by atomic mass is 10.2. The van der Waals surface area contributed by atoms with Gasteiger partial charge in [0.2, 0.25) is 0 Å². The zero-order valence-corrected chi connectivity index (χ0v) is 13.9. The Morgan fingerprint density at radius 1 is 1.27 bits per heavy atom. The van der Waals surface area contributed by atoms with E-state index in [0.29, 0.717) is 41.8 Å². The van der Waals surface area contributed by atoms with Gasteiger partial charge in [0.25, 0.3) is 5.56 Å². The lowest BCUT2D eigenvalue weighted by Gasteiger charge is -2.05. The van der Waals surface area contributed by atoms with E-state index in [0.717, 1.165) is 0 Å². The average molecular weight is 353 g/mol. The lowest BCUT2D eigenvalue weighted by Crippen LogP contribution is -2.26. The zero-order chi connectivity index (χ0) is 17.8. The van der Waals surface area contributed by atoms with Crippen LogP contribution in [-0.4, -0.2) is 38.0 Å². The molecule has 1 aromatic carbocycles. The molecule has 132 valence electrons. The Balaban J connectivity index is 1.59. The highest BCUT2D eigenvalue weighted by atomic mass is 19.1. The molecular formula is C18H16FN5O2. The van der Waals surface area contributed by atoms with E-state index in [9.17, 15) is 9.18 Å². The molecule has 3 aromatic rings. The number of nitrogens with zero attached hydrogens (tertiary/aromatic N) is 5. The molecule has 0 amide bonds. The minimum Gasteiger partial charge on any atom is -0.381 e. The summed E-state index contributed by atoms with van der Waals surface area (Å²) in [4.78, 5) is 12.9. The van der Waals surface area contributed by atoms with Crippen LogP contribution >= 0.6 is 0 Å². The second-order valence-corrected chi connectivity index (χ2v) is 6.73. The standard InChI is InChI=1S/C18H16FN5O2/c1-2-14-15-16(21-23(14)7-10-5-3-4-6-13(10)19)18(25)24(22-20-15)17-11-8-26-9-12(11)17/h2-6,11-12,17H,1,7-9H2. The van der Waals surface area contributed by atoms with Crippen LogP contribution in [0.5, 0.6) is 0 Å². The number of benzene rings is 1. The molecule has 8 heteroatoms. The molecule has 0 N–H and O–H groups in total. The number of fused-ring (bicyclic) bond motifs is 2.